The molecular formula is C22H30N6O3. The lowest BCUT2D eigenvalue weighted by atomic mass is 10.1. The molecule has 2 amide bonds. The van der Waals surface area contributed by atoms with Crippen molar-refractivity contribution in [2.45, 2.75) is 46.4 Å². The first-order valence-electron chi connectivity index (χ1n) is 10.7. The van der Waals surface area contributed by atoms with Crippen LogP contribution in [0.1, 0.15) is 33.5 Å². The fraction of sp³-hybridized carbons (Fsp3) is 0.500. The van der Waals surface area contributed by atoms with Crippen molar-refractivity contribution in [1.29, 1.82) is 0 Å². The molecule has 0 aliphatic carbocycles. The predicted octanol–water partition coefficient (Wildman–Crippen LogP) is 2.74. The van der Waals surface area contributed by atoms with Crippen LogP contribution in [0.15, 0.2) is 18.2 Å². The maximum absolute atomic E-state index is 12.6. The average molecular weight is 427 g/mol. The van der Waals surface area contributed by atoms with Crippen LogP contribution in [0.5, 0.6) is 0 Å². The normalized spacial score (nSPS) is 15.1. The van der Waals surface area contributed by atoms with E-state index in [0.29, 0.717) is 62.1 Å². The number of nitrogens with zero attached hydrogens (tertiary/aromatic N) is 5. The Kier molecular flexibility index (Phi) is 5.49. The molecule has 9 heteroatoms. The molecule has 1 aliphatic rings. The fourth-order valence-corrected chi connectivity index (χ4v) is 4.09. The Balaban J connectivity index is 1.88. The summed E-state index contributed by atoms with van der Waals surface area (Å²) in [4.78, 5) is 25.5. The van der Waals surface area contributed by atoms with Crippen LogP contribution in [0.3, 0.4) is 0 Å². The number of aromatic nitrogens is 3. The third kappa shape index (κ3) is 3.90. The van der Waals surface area contributed by atoms with Gasteiger partial charge in [-0.25, -0.2) is 14.8 Å². The first kappa shape index (κ1) is 21.3. The molecule has 0 bridgehead atoms. The van der Waals surface area contributed by atoms with Gasteiger partial charge in [0.25, 0.3) is 0 Å². The van der Waals surface area contributed by atoms with E-state index >= 15 is 0 Å². The Labute approximate surface area is 181 Å². The number of ether oxygens (including phenoxy) is 1. The van der Waals surface area contributed by atoms with Crippen molar-refractivity contribution in [3.05, 3.63) is 24.0 Å². The molecule has 0 spiro atoms. The zero-order valence-corrected chi connectivity index (χ0v) is 18.6. The van der Waals surface area contributed by atoms with Gasteiger partial charge in [-0.05, 0) is 45.9 Å². The van der Waals surface area contributed by atoms with Crippen LogP contribution in [-0.4, -0.2) is 62.4 Å². The number of likely N-dealkylation sites (N-methyl/N-ethyl adjacent to an activating group) is 1. The smallest absolute Gasteiger partial charge is 0.324 e. The zero-order valence-electron chi connectivity index (χ0n) is 18.6. The molecule has 31 heavy (non-hydrogen) atoms. The molecule has 3 N–H and O–H groups in total. The van der Waals surface area contributed by atoms with Gasteiger partial charge in [-0.1, -0.05) is 0 Å². The number of nitrogen functional groups attached to an aromatic ring is 1. The molecule has 1 aliphatic heterocycles. The van der Waals surface area contributed by atoms with Gasteiger partial charge in [0.15, 0.2) is 5.82 Å². The number of imidazole rings is 1. The Morgan fingerprint density at radius 1 is 1.23 bits per heavy atom. The van der Waals surface area contributed by atoms with Crippen LogP contribution in [0.25, 0.3) is 21.9 Å². The van der Waals surface area contributed by atoms with Crippen LogP contribution in [-0.2, 0) is 17.9 Å². The van der Waals surface area contributed by atoms with Crippen molar-refractivity contribution in [3.63, 3.8) is 0 Å². The molecule has 4 rings (SSSR count). The van der Waals surface area contributed by atoms with Gasteiger partial charge >= 0.3 is 6.03 Å². The van der Waals surface area contributed by atoms with E-state index in [0.717, 1.165) is 16.6 Å². The Morgan fingerprint density at radius 2 is 2.00 bits per heavy atom. The highest BCUT2D eigenvalue weighted by atomic mass is 16.5. The maximum atomic E-state index is 12.6. The van der Waals surface area contributed by atoms with Gasteiger partial charge < -0.3 is 25.0 Å². The number of hydrogen-bond donors (Lipinski definition) is 2. The van der Waals surface area contributed by atoms with Crippen molar-refractivity contribution in [3.8, 4) is 0 Å². The average Bonchev–Trinajstić information content (AvgIpc) is 3.26. The number of amides is 2. The number of rotatable bonds is 7. The maximum Gasteiger partial charge on any atom is 0.324 e. The summed E-state index contributed by atoms with van der Waals surface area (Å²) < 4.78 is 7.56. The van der Waals surface area contributed by atoms with Crippen molar-refractivity contribution in [2.75, 3.05) is 36.9 Å². The number of anilines is 2. The third-order valence-electron chi connectivity index (χ3n) is 5.54. The number of fused-ring (bicyclic) bond motifs is 3. The van der Waals surface area contributed by atoms with E-state index in [9.17, 15) is 9.90 Å². The van der Waals surface area contributed by atoms with Gasteiger partial charge in [-0.2, -0.15) is 0 Å². The van der Waals surface area contributed by atoms with Gasteiger partial charge in [0.1, 0.15) is 17.9 Å². The number of nitrogens with two attached hydrogens (primary N) is 1. The van der Waals surface area contributed by atoms with Crippen molar-refractivity contribution >= 4 is 39.5 Å². The highest BCUT2D eigenvalue weighted by molar-refractivity contribution is 6.08. The van der Waals surface area contributed by atoms with Gasteiger partial charge in [0, 0.05) is 37.3 Å². The second kappa shape index (κ2) is 7.97. The van der Waals surface area contributed by atoms with E-state index in [1.54, 1.807) is 18.7 Å². The minimum absolute atomic E-state index is 0.00183. The Morgan fingerprint density at radius 3 is 2.65 bits per heavy atom. The van der Waals surface area contributed by atoms with Gasteiger partial charge in [0.05, 0.1) is 23.2 Å². The Hall–Kier alpha value is -2.91. The largest absolute Gasteiger partial charge is 0.389 e. The highest BCUT2D eigenvalue weighted by Gasteiger charge is 2.29. The van der Waals surface area contributed by atoms with Crippen molar-refractivity contribution in [1.82, 2.24) is 19.4 Å². The van der Waals surface area contributed by atoms with E-state index in [4.69, 9.17) is 10.5 Å². The predicted molar refractivity (Wildman–Crippen MR) is 121 cm³/mol. The molecule has 166 valence electrons. The number of carbonyl (C=O) groups excluding carboxylic acids is 1. The first-order chi connectivity index (χ1) is 14.7. The summed E-state index contributed by atoms with van der Waals surface area (Å²) in [7, 11) is 0. The summed E-state index contributed by atoms with van der Waals surface area (Å²) in [5.41, 5.74) is 8.22. The Bertz CT molecular complexity index is 1130. The van der Waals surface area contributed by atoms with E-state index in [1.165, 1.54) is 0 Å². The second-order valence-corrected chi connectivity index (χ2v) is 8.47. The summed E-state index contributed by atoms with van der Waals surface area (Å²) in [5, 5.41) is 11.4. The summed E-state index contributed by atoms with van der Waals surface area (Å²) >= 11 is 0. The highest BCUT2D eigenvalue weighted by Crippen LogP contribution is 2.33. The number of carbonyl (C=O) groups is 1. The minimum atomic E-state index is -0.954. The number of pyridine rings is 1. The summed E-state index contributed by atoms with van der Waals surface area (Å²) in [6.07, 6.45) is 0. The summed E-state index contributed by atoms with van der Waals surface area (Å²) in [6, 6.07) is 5.78. The lowest BCUT2D eigenvalue weighted by molar-refractivity contribution is 0.0582. The quantitative estimate of drug-likeness (QED) is 0.601. The zero-order chi connectivity index (χ0) is 22.3. The standard InChI is InChI=1S/C22H30N6O3/c1-5-26-9-10-27(21(26)29)14-7-8-15-16(11-14)24-20(23)18-19(15)28(13-22(3,4)30)17(25-18)12-31-6-2/h7-8,11,30H,5-6,9-10,12-13H2,1-4H3,(H2,23,24). The molecule has 9 nitrogen and oxygen atoms in total. The van der Waals surface area contributed by atoms with Crippen LogP contribution in [0.4, 0.5) is 16.3 Å². The van der Waals surface area contributed by atoms with Crippen LogP contribution >= 0.6 is 0 Å². The molecule has 3 aromatic rings. The van der Waals surface area contributed by atoms with E-state index in [-0.39, 0.29) is 6.03 Å². The topological polar surface area (TPSA) is 110 Å². The van der Waals surface area contributed by atoms with E-state index < -0.39 is 5.60 Å². The van der Waals surface area contributed by atoms with Crippen LogP contribution < -0.4 is 10.6 Å². The molecule has 0 saturated carbocycles. The molecule has 0 atom stereocenters. The molecule has 1 aromatic carbocycles. The molecule has 2 aromatic heterocycles. The van der Waals surface area contributed by atoms with Crippen molar-refractivity contribution < 1.29 is 14.6 Å². The lowest BCUT2D eigenvalue weighted by Crippen LogP contribution is -2.31. The van der Waals surface area contributed by atoms with Crippen LogP contribution in [0.2, 0.25) is 0 Å². The van der Waals surface area contributed by atoms with E-state index in [2.05, 4.69) is 9.97 Å². The van der Waals surface area contributed by atoms with Gasteiger partial charge in [-0.15, -0.1) is 0 Å². The van der Waals surface area contributed by atoms with Crippen LogP contribution in [0, 0.1) is 0 Å². The molecule has 1 saturated heterocycles. The number of hydrogen-bond acceptors (Lipinski definition) is 6. The van der Waals surface area contributed by atoms with Gasteiger partial charge in [0.2, 0.25) is 0 Å². The lowest BCUT2D eigenvalue weighted by Gasteiger charge is -2.21. The monoisotopic (exact) mass is 426 g/mol. The van der Waals surface area contributed by atoms with Crippen molar-refractivity contribution in [2.24, 2.45) is 0 Å². The molecular weight excluding hydrogens is 396 g/mol. The molecule has 0 radical (unpaired) electrons. The molecule has 0 unspecified atom stereocenters. The summed E-state index contributed by atoms with van der Waals surface area (Å²) in [6.45, 7) is 10.7. The molecule has 1 fully saturated rings. The number of benzene rings is 1. The second-order valence-electron chi connectivity index (χ2n) is 8.47. The van der Waals surface area contributed by atoms with E-state index in [1.807, 2.05) is 41.5 Å². The molecule has 3 heterocycles. The van der Waals surface area contributed by atoms with Gasteiger partial charge in [-0.3, -0.25) is 4.90 Å². The SMILES string of the molecule is CCOCc1nc2c(N)nc3cc(N4CCN(CC)C4=O)ccc3c2n1CC(C)(C)O. The fourth-order valence-electron chi connectivity index (χ4n) is 4.09. The minimum Gasteiger partial charge on any atom is -0.389 e. The summed E-state index contributed by atoms with van der Waals surface area (Å²) in [5.74, 6) is 1.01. The number of urea groups is 1. The first-order valence-corrected chi connectivity index (χ1v) is 10.7. The third-order valence-corrected chi connectivity index (χ3v) is 5.54. The number of aliphatic hydroxyl groups is 1.